The second-order valence-corrected chi connectivity index (χ2v) is 5.78. The maximum Gasteiger partial charge on any atom is 0.343 e. The molecule has 1 aromatic carbocycles. The predicted octanol–water partition coefficient (Wildman–Crippen LogP) is 1.08. The summed E-state index contributed by atoms with van der Waals surface area (Å²) in [5.74, 6) is -2.41. The SMILES string of the molecule is O=C(c1cc(=O)[nH]c2ccc([N+](=O)[O-])cc12)N1CCC(F)(C(=O)O)C1. The summed E-state index contributed by atoms with van der Waals surface area (Å²) in [6.45, 7) is -0.783. The Morgan fingerprint density at radius 2 is 2.08 bits per heavy atom. The number of nitrogens with zero attached hydrogens (tertiary/aromatic N) is 2. The normalized spacial score (nSPS) is 20.0. The lowest BCUT2D eigenvalue weighted by atomic mass is 10.1. The van der Waals surface area contributed by atoms with Crippen LogP contribution in [0.4, 0.5) is 10.1 Å². The van der Waals surface area contributed by atoms with Crippen molar-refractivity contribution in [1.29, 1.82) is 0 Å². The number of halogens is 1. The van der Waals surface area contributed by atoms with Crippen molar-refractivity contribution in [1.82, 2.24) is 9.88 Å². The number of hydrogen-bond donors (Lipinski definition) is 2. The first-order valence-corrected chi connectivity index (χ1v) is 7.24. The molecule has 10 heteroatoms. The van der Waals surface area contributed by atoms with Gasteiger partial charge in [0.1, 0.15) is 0 Å². The number of non-ortho nitro benzene ring substituents is 1. The largest absolute Gasteiger partial charge is 0.479 e. The fraction of sp³-hybridized carbons (Fsp3) is 0.267. The fourth-order valence-electron chi connectivity index (χ4n) is 2.82. The molecule has 0 bridgehead atoms. The number of fused-ring (bicyclic) bond motifs is 1. The summed E-state index contributed by atoms with van der Waals surface area (Å²) >= 11 is 0. The molecule has 130 valence electrons. The van der Waals surface area contributed by atoms with Gasteiger partial charge < -0.3 is 15.0 Å². The molecule has 1 fully saturated rings. The lowest BCUT2D eigenvalue weighted by Crippen LogP contribution is -2.39. The Morgan fingerprint density at radius 1 is 1.36 bits per heavy atom. The fourth-order valence-corrected chi connectivity index (χ4v) is 2.82. The number of carbonyl (C=O) groups is 2. The third kappa shape index (κ3) is 2.82. The van der Waals surface area contributed by atoms with Gasteiger partial charge in [-0.15, -0.1) is 0 Å². The molecule has 1 atom stereocenters. The Balaban J connectivity index is 2.07. The maximum absolute atomic E-state index is 14.2. The van der Waals surface area contributed by atoms with Gasteiger partial charge in [-0.2, -0.15) is 0 Å². The van der Waals surface area contributed by atoms with Crippen molar-refractivity contribution < 1.29 is 24.0 Å². The summed E-state index contributed by atoms with van der Waals surface area (Å²) in [7, 11) is 0. The molecule has 1 amide bonds. The van der Waals surface area contributed by atoms with Crippen molar-refractivity contribution in [3.05, 3.63) is 50.3 Å². The highest BCUT2D eigenvalue weighted by atomic mass is 19.1. The number of benzene rings is 1. The van der Waals surface area contributed by atoms with Crippen molar-refractivity contribution in [3.63, 3.8) is 0 Å². The van der Waals surface area contributed by atoms with Crippen molar-refractivity contribution in [3.8, 4) is 0 Å². The highest BCUT2D eigenvalue weighted by molar-refractivity contribution is 6.06. The Morgan fingerprint density at radius 3 is 2.68 bits per heavy atom. The standard InChI is InChI=1S/C15H12FN3O6/c16-15(14(22)23)3-4-18(7-15)13(21)10-6-12(20)17-11-2-1-8(19(24)25)5-9(10)11/h1-2,5-6H,3-4,7H2,(H,17,20)(H,22,23). The molecule has 2 aromatic rings. The van der Waals surface area contributed by atoms with Crippen LogP contribution in [0.25, 0.3) is 10.9 Å². The number of carbonyl (C=O) groups excluding carboxylic acids is 1. The van der Waals surface area contributed by atoms with Crippen LogP contribution in [0.2, 0.25) is 0 Å². The number of carboxylic acid groups (broad SMARTS) is 1. The topological polar surface area (TPSA) is 134 Å². The molecule has 1 saturated heterocycles. The minimum absolute atomic E-state index is 0.130. The van der Waals surface area contributed by atoms with Gasteiger partial charge in [0.2, 0.25) is 11.2 Å². The lowest BCUT2D eigenvalue weighted by molar-refractivity contribution is -0.384. The zero-order valence-electron chi connectivity index (χ0n) is 12.7. The molecule has 9 nitrogen and oxygen atoms in total. The van der Waals surface area contributed by atoms with E-state index in [9.17, 15) is 28.9 Å². The van der Waals surface area contributed by atoms with Gasteiger partial charge in [0.05, 0.1) is 17.0 Å². The lowest BCUT2D eigenvalue weighted by Gasteiger charge is -2.18. The number of hydrogen-bond acceptors (Lipinski definition) is 5. The van der Waals surface area contributed by atoms with E-state index in [-0.39, 0.29) is 35.1 Å². The van der Waals surface area contributed by atoms with Crippen LogP contribution in [0, 0.1) is 10.1 Å². The Kier molecular flexibility index (Phi) is 3.74. The number of aromatic amines is 1. The number of rotatable bonds is 3. The molecule has 1 aliphatic rings. The number of nitro benzene ring substituents is 1. The second-order valence-electron chi connectivity index (χ2n) is 5.78. The zero-order valence-corrected chi connectivity index (χ0v) is 12.7. The van der Waals surface area contributed by atoms with Gasteiger partial charge in [-0.25, -0.2) is 9.18 Å². The molecule has 1 unspecified atom stereocenters. The van der Waals surface area contributed by atoms with Crippen LogP contribution in [0.15, 0.2) is 29.1 Å². The number of alkyl halides is 1. The van der Waals surface area contributed by atoms with E-state index in [4.69, 9.17) is 5.11 Å². The third-order valence-electron chi connectivity index (χ3n) is 4.16. The van der Waals surface area contributed by atoms with Crippen LogP contribution < -0.4 is 5.56 Å². The summed E-state index contributed by atoms with van der Waals surface area (Å²) in [6, 6.07) is 4.58. The average Bonchev–Trinajstić information content (AvgIpc) is 2.96. The molecule has 3 rings (SSSR count). The van der Waals surface area contributed by atoms with Crippen LogP contribution in [-0.4, -0.2) is 50.5 Å². The van der Waals surface area contributed by atoms with E-state index in [1.807, 2.05) is 0 Å². The second kappa shape index (κ2) is 5.65. The van der Waals surface area contributed by atoms with Crippen LogP contribution in [0.1, 0.15) is 16.8 Å². The van der Waals surface area contributed by atoms with Gasteiger partial charge in [0, 0.05) is 42.1 Å². The van der Waals surface area contributed by atoms with Gasteiger partial charge >= 0.3 is 5.97 Å². The summed E-state index contributed by atoms with van der Waals surface area (Å²) in [5.41, 5.74) is -3.35. The van der Waals surface area contributed by atoms with Gasteiger partial charge in [0.25, 0.3) is 11.6 Å². The molecule has 0 saturated carbocycles. The number of amides is 1. The molecule has 25 heavy (non-hydrogen) atoms. The van der Waals surface area contributed by atoms with Crippen LogP contribution in [0.3, 0.4) is 0 Å². The number of aromatic nitrogens is 1. The molecule has 1 aliphatic heterocycles. The molecule has 2 heterocycles. The van der Waals surface area contributed by atoms with Crippen molar-refractivity contribution in [2.75, 3.05) is 13.1 Å². The smallest absolute Gasteiger partial charge is 0.343 e. The number of carboxylic acids is 1. The minimum atomic E-state index is -2.54. The molecule has 0 radical (unpaired) electrons. The summed E-state index contributed by atoms with van der Waals surface area (Å²) in [6.07, 6.45) is -0.366. The highest BCUT2D eigenvalue weighted by Gasteiger charge is 2.47. The average molecular weight is 349 g/mol. The molecular formula is C15H12FN3O6. The van der Waals surface area contributed by atoms with Crippen molar-refractivity contribution >= 4 is 28.5 Å². The predicted molar refractivity (Wildman–Crippen MR) is 83.2 cm³/mol. The Bertz CT molecular complexity index is 971. The quantitative estimate of drug-likeness (QED) is 0.629. The number of H-pyrrole nitrogens is 1. The van der Waals surface area contributed by atoms with Crippen molar-refractivity contribution in [2.45, 2.75) is 12.1 Å². The number of likely N-dealkylation sites (tertiary alicyclic amines) is 1. The molecule has 1 aromatic heterocycles. The van der Waals surface area contributed by atoms with E-state index in [2.05, 4.69) is 4.98 Å². The number of aliphatic carboxylic acids is 1. The van der Waals surface area contributed by atoms with Gasteiger partial charge in [0.15, 0.2) is 0 Å². The first-order chi connectivity index (χ1) is 11.7. The van der Waals surface area contributed by atoms with Crippen LogP contribution in [0.5, 0.6) is 0 Å². The number of nitrogens with one attached hydrogen (secondary N) is 1. The molecule has 0 spiro atoms. The van der Waals surface area contributed by atoms with Gasteiger partial charge in [-0.05, 0) is 6.07 Å². The first-order valence-electron chi connectivity index (χ1n) is 7.24. The highest BCUT2D eigenvalue weighted by Crippen LogP contribution is 2.29. The molecule has 2 N–H and O–H groups in total. The number of pyridine rings is 1. The molecule has 0 aliphatic carbocycles. The Labute approximate surface area is 138 Å². The van der Waals surface area contributed by atoms with E-state index in [1.54, 1.807) is 0 Å². The third-order valence-corrected chi connectivity index (χ3v) is 4.16. The monoisotopic (exact) mass is 349 g/mol. The van der Waals surface area contributed by atoms with E-state index < -0.39 is 34.6 Å². The molecular weight excluding hydrogens is 337 g/mol. The van der Waals surface area contributed by atoms with Crippen LogP contribution in [-0.2, 0) is 4.79 Å². The first kappa shape index (κ1) is 16.6. The number of nitro groups is 1. The van der Waals surface area contributed by atoms with Gasteiger partial charge in [-0.3, -0.25) is 19.7 Å². The van der Waals surface area contributed by atoms with E-state index in [0.717, 1.165) is 17.0 Å². The van der Waals surface area contributed by atoms with Crippen molar-refractivity contribution in [2.24, 2.45) is 0 Å². The minimum Gasteiger partial charge on any atom is -0.479 e. The van der Waals surface area contributed by atoms with E-state index >= 15 is 0 Å². The summed E-state index contributed by atoms with van der Waals surface area (Å²) < 4.78 is 14.2. The maximum atomic E-state index is 14.2. The van der Waals surface area contributed by atoms with E-state index in [0.29, 0.717) is 0 Å². The van der Waals surface area contributed by atoms with E-state index in [1.165, 1.54) is 12.1 Å². The zero-order chi connectivity index (χ0) is 18.4. The Hall–Kier alpha value is -3.30. The summed E-state index contributed by atoms with van der Waals surface area (Å²) in [5, 5.41) is 20.0. The van der Waals surface area contributed by atoms with Gasteiger partial charge in [-0.1, -0.05) is 0 Å². The summed E-state index contributed by atoms with van der Waals surface area (Å²) in [4.78, 5) is 49.1. The van der Waals surface area contributed by atoms with Crippen LogP contribution >= 0.6 is 0 Å².